The maximum Gasteiger partial charge on any atom is 0.130 e. The molecule has 1 saturated carbocycles. The first-order valence-corrected chi connectivity index (χ1v) is 13.8. The maximum atomic E-state index is 6.24. The van der Waals surface area contributed by atoms with Crippen molar-refractivity contribution in [1.82, 2.24) is 9.88 Å². The summed E-state index contributed by atoms with van der Waals surface area (Å²) in [4.78, 5) is 11.5. The van der Waals surface area contributed by atoms with Crippen LogP contribution in [0.15, 0.2) is 53.5 Å². The van der Waals surface area contributed by atoms with Crippen LogP contribution in [0, 0.1) is 0 Å². The number of likely N-dealkylation sites (tertiary alicyclic amines) is 1. The molecule has 3 aliphatic rings. The van der Waals surface area contributed by atoms with E-state index in [1.165, 1.54) is 57.0 Å². The van der Waals surface area contributed by atoms with E-state index in [2.05, 4.69) is 40.3 Å². The van der Waals surface area contributed by atoms with Gasteiger partial charge in [-0.25, -0.2) is 0 Å². The molecule has 0 bridgehead atoms. The van der Waals surface area contributed by atoms with Gasteiger partial charge in [-0.3, -0.25) is 9.89 Å². The molecule has 2 aromatic carbocycles. The predicted molar refractivity (Wildman–Crippen MR) is 144 cm³/mol. The number of ether oxygens (including phenoxy) is 1. The topological polar surface area (TPSA) is 52.6 Å². The number of nitrogens with zero attached hydrogens (tertiary/aromatic N) is 2. The van der Waals surface area contributed by atoms with Gasteiger partial charge in [-0.15, -0.1) is 11.8 Å². The minimum Gasteiger partial charge on any atom is -0.457 e. The Bertz CT molecular complexity index is 1160. The van der Waals surface area contributed by atoms with Crippen molar-refractivity contribution in [1.29, 1.82) is 0 Å². The zero-order valence-corrected chi connectivity index (χ0v) is 20.7. The molecule has 6 rings (SSSR count). The van der Waals surface area contributed by atoms with Crippen molar-refractivity contribution >= 4 is 33.4 Å². The predicted octanol–water partition coefficient (Wildman–Crippen LogP) is 6.66. The molecule has 0 spiro atoms. The SMILES string of the molecule is CC(C1CSC(c2cc3cc(Oc4ccccc4)cc(NC4CCCC4)c3[nH]2)=N1)N1CCCC1. The van der Waals surface area contributed by atoms with Gasteiger partial charge in [0.25, 0.3) is 0 Å². The Kier molecular flexibility index (Phi) is 6.27. The Hall–Kier alpha value is -2.44. The zero-order chi connectivity index (χ0) is 22.9. The molecule has 2 aliphatic heterocycles. The minimum absolute atomic E-state index is 0.373. The monoisotopic (exact) mass is 474 g/mol. The molecular formula is C28H34N4OS. The third-order valence-corrected chi connectivity index (χ3v) is 8.68. The summed E-state index contributed by atoms with van der Waals surface area (Å²) in [5, 5.41) is 6.13. The van der Waals surface area contributed by atoms with Crippen molar-refractivity contribution in [2.24, 2.45) is 4.99 Å². The van der Waals surface area contributed by atoms with Crippen LogP contribution in [0.5, 0.6) is 11.5 Å². The fourth-order valence-electron chi connectivity index (χ4n) is 5.60. The van der Waals surface area contributed by atoms with Crippen LogP contribution >= 0.6 is 11.8 Å². The van der Waals surface area contributed by atoms with Gasteiger partial charge in [0.05, 0.1) is 22.9 Å². The number of rotatable bonds is 7. The zero-order valence-electron chi connectivity index (χ0n) is 19.9. The average molecular weight is 475 g/mol. The molecule has 1 aliphatic carbocycles. The minimum atomic E-state index is 0.373. The quantitative estimate of drug-likeness (QED) is 0.402. The Morgan fingerprint density at radius 3 is 2.62 bits per heavy atom. The van der Waals surface area contributed by atoms with Crippen molar-refractivity contribution < 1.29 is 4.74 Å². The van der Waals surface area contributed by atoms with Gasteiger partial charge < -0.3 is 15.0 Å². The van der Waals surface area contributed by atoms with Gasteiger partial charge in [0.1, 0.15) is 16.5 Å². The highest BCUT2D eigenvalue weighted by atomic mass is 32.2. The number of benzene rings is 2. The molecule has 2 unspecified atom stereocenters. The number of thioether (sulfide) groups is 1. The van der Waals surface area contributed by atoms with Crippen LogP contribution < -0.4 is 10.1 Å². The number of aliphatic imine (C=N–C) groups is 1. The number of aromatic amines is 1. The standard InChI is InChI=1S/C28H34N4OS/c1-19(32-13-7-8-14-32)26-18-34-28(31-26)25-16-20-15-23(33-22-11-3-2-4-12-22)17-24(27(20)30-25)29-21-9-5-6-10-21/h2-4,11-12,15-17,19,21,26,29-30H,5-10,13-14,18H2,1H3. The Morgan fingerprint density at radius 2 is 1.82 bits per heavy atom. The summed E-state index contributed by atoms with van der Waals surface area (Å²) in [6.07, 6.45) is 7.73. The van der Waals surface area contributed by atoms with Crippen LogP contribution in [0.4, 0.5) is 5.69 Å². The number of hydrogen-bond acceptors (Lipinski definition) is 5. The summed E-state index contributed by atoms with van der Waals surface area (Å²) < 4.78 is 6.24. The van der Waals surface area contributed by atoms with E-state index in [0.29, 0.717) is 18.1 Å². The molecule has 3 heterocycles. The van der Waals surface area contributed by atoms with Crippen molar-refractivity contribution in [2.45, 2.75) is 63.6 Å². The maximum absolute atomic E-state index is 6.24. The summed E-state index contributed by atoms with van der Waals surface area (Å²) in [6.45, 7) is 4.80. The van der Waals surface area contributed by atoms with Crippen LogP contribution in [0.25, 0.3) is 10.9 Å². The number of anilines is 1. The molecular weight excluding hydrogens is 440 g/mol. The van der Waals surface area contributed by atoms with Crippen LogP contribution in [0.2, 0.25) is 0 Å². The van der Waals surface area contributed by atoms with Crippen molar-refractivity contribution in [2.75, 3.05) is 24.2 Å². The molecule has 2 atom stereocenters. The van der Waals surface area contributed by atoms with Gasteiger partial charge in [0, 0.05) is 29.3 Å². The third-order valence-electron chi connectivity index (χ3n) is 7.57. The molecule has 3 aromatic rings. The van der Waals surface area contributed by atoms with Gasteiger partial charge in [-0.1, -0.05) is 31.0 Å². The Labute approximate surface area is 206 Å². The van der Waals surface area contributed by atoms with E-state index in [4.69, 9.17) is 9.73 Å². The molecule has 0 radical (unpaired) electrons. The number of hydrogen-bond donors (Lipinski definition) is 2. The smallest absolute Gasteiger partial charge is 0.130 e. The molecule has 1 aromatic heterocycles. The second-order valence-corrected chi connectivity index (χ2v) is 11.0. The molecule has 0 amide bonds. The first kappa shape index (κ1) is 22.1. The van der Waals surface area contributed by atoms with Crippen LogP contribution in [-0.4, -0.2) is 51.9 Å². The van der Waals surface area contributed by atoms with Crippen LogP contribution in [-0.2, 0) is 0 Å². The van der Waals surface area contributed by atoms with Gasteiger partial charge in [-0.2, -0.15) is 0 Å². The van der Waals surface area contributed by atoms with E-state index in [-0.39, 0.29) is 0 Å². The number of para-hydroxylation sites is 1. The Morgan fingerprint density at radius 1 is 1.03 bits per heavy atom. The molecule has 2 N–H and O–H groups in total. The van der Waals surface area contributed by atoms with Gasteiger partial charge in [0.2, 0.25) is 0 Å². The van der Waals surface area contributed by atoms with Crippen molar-refractivity contribution in [3.8, 4) is 11.5 Å². The van der Waals surface area contributed by atoms with E-state index in [0.717, 1.165) is 39.2 Å². The fraction of sp³-hybridized carbons (Fsp3) is 0.464. The first-order valence-electron chi connectivity index (χ1n) is 12.8. The molecule has 34 heavy (non-hydrogen) atoms. The van der Waals surface area contributed by atoms with E-state index in [1.807, 2.05) is 42.1 Å². The molecule has 6 heteroatoms. The highest BCUT2D eigenvalue weighted by molar-refractivity contribution is 8.14. The highest BCUT2D eigenvalue weighted by Crippen LogP contribution is 2.36. The van der Waals surface area contributed by atoms with E-state index in [1.54, 1.807) is 0 Å². The van der Waals surface area contributed by atoms with E-state index < -0.39 is 0 Å². The lowest BCUT2D eigenvalue weighted by Gasteiger charge is -2.26. The fourth-order valence-corrected chi connectivity index (χ4v) is 6.75. The molecule has 1 saturated heterocycles. The van der Waals surface area contributed by atoms with E-state index >= 15 is 0 Å². The molecule has 5 nitrogen and oxygen atoms in total. The number of nitrogens with one attached hydrogen (secondary N) is 2. The Balaban J connectivity index is 1.31. The average Bonchev–Trinajstić information content (AvgIpc) is 3.66. The second-order valence-electron chi connectivity index (χ2n) is 9.96. The summed E-state index contributed by atoms with van der Waals surface area (Å²) >= 11 is 1.89. The second kappa shape index (κ2) is 9.67. The summed E-state index contributed by atoms with van der Waals surface area (Å²) in [5.74, 6) is 2.79. The van der Waals surface area contributed by atoms with Gasteiger partial charge >= 0.3 is 0 Å². The van der Waals surface area contributed by atoms with Crippen LogP contribution in [0.3, 0.4) is 0 Å². The van der Waals surface area contributed by atoms with Gasteiger partial charge in [0.15, 0.2) is 0 Å². The molecule has 178 valence electrons. The summed E-state index contributed by atoms with van der Waals surface area (Å²) in [5.41, 5.74) is 3.41. The lowest BCUT2D eigenvalue weighted by atomic mass is 10.1. The lowest BCUT2D eigenvalue weighted by molar-refractivity contribution is 0.237. The van der Waals surface area contributed by atoms with Crippen molar-refractivity contribution in [3.63, 3.8) is 0 Å². The number of H-pyrrole nitrogens is 1. The number of fused-ring (bicyclic) bond motifs is 1. The summed E-state index contributed by atoms with van der Waals surface area (Å²) in [6, 6.07) is 18.0. The highest BCUT2D eigenvalue weighted by Gasteiger charge is 2.30. The largest absolute Gasteiger partial charge is 0.457 e. The van der Waals surface area contributed by atoms with E-state index in [9.17, 15) is 0 Å². The molecule has 2 fully saturated rings. The van der Waals surface area contributed by atoms with Gasteiger partial charge in [-0.05, 0) is 70.0 Å². The first-order chi connectivity index (χ1) is 16.7. The number of aromatic nitrogens is 1. The third kappa shape index (κ3) is 4.58. The lowest BCUT2D eigenvalue weighted by Crippen LogP contribution is -2.39. The van der Waals surface area contributed by atoms with Crippen LogP contribution in [0.1, 0.15) is 51.1 Å². The normalized spacial score (nSPS) is 22.4. The summed E-state index contributed by atoms with van der Waals surface area (Å²) in [7, 11) is 0. The van der Waals surface area contributed by atoms with Crippen molar-refractivity contribution in [3.05, 3.63) is 54.2 Å².